The predicted octanol–water partition coefficient (Wildman–Crippen LogP) is 0.955. The first-order valence-electron chi connectivity index (χ1n) is 5.29. The molecule has 0 fully saturated rings. The van der Waals surface area contributed by atoms with Crippen molar-refractivity contribution >= 4 is 22.4 Å². The second-order valence-corrected chi connectivity index (χ2v) is 4.70. The number of hydrogen-bond donors (Lipinski definition) is 1. The molecule has 2 aromatic heterocycles. The first kappa shape index (κ1) is 12.4. The smallest absolute Gasteiger partial charge is 0.253 e. The monoisotopic (exact) mass is 264 g/mol. The van der Waals surface area contributed by atoms with E-state index in [-0.39, 0.29) is 18.0 Å². The van der Waals surface area contributed by atoms with Gasteiger partial charge >= 0.3 is 0 Å². The molecule has 1 amide bonds. The van der Waals surface area contributed by atoms with Gasteiger partial charge in [-0.3, -0.25) is 14.2 Å². The lowest BCUT2D eigenvalue weighted by molar-refractivity contribution is -0.116. The number of nitrogens with one attached hydrogen (secondary N) is 1. The summed E-state index contributed by atoms with van der Waals surface area (Å²) in [5.41, 5.74) is 1.24. The van der Waals surface area contributed by atoms with Crippen LogP contribution >= 0.6 is 11.3 Å². The Hall–Kier alpha value is -2.02. The van der Waals surface area contributed by atoms with Crippen molar-refractivity contribution in [2.45, 2.75) is 20.4 Å². The molecule has 1 N–H and O–H groups in total. The Labute approximate surface area is 107 Å². The highest BCUT2D eigenvalue weighted by Crippen LogP contribution is 2.13. The van der Waals surface area contributed by atoms with E-state index >= 15 is 0 Å². The number of nitrogens with zero attached hydrogens (tertiary/aromatic N) is 3. The Morgan fingerprint density at radius 2 is 2.22 bits per heavy atom. The number of aryl methyl sites for hydroxylation is 2. The lowest BCUT2D eigenvalue weighted by Crippen LogP contribution is -2.27. The summed E-state index contributed by atoms with van der Waals surface area (Å²) in [5.74, 6) is -0.294. The van der Waals surface area contributed by atoms with Crippen LogP contribution < -0.4 is 10.9 Å². The summed E-state index contributed by atoms with van der Waals surface area (Å²) in [5, 5.41) is 5.01. The topological polar surface area (TPSA) is 76.9 Å². The van der Waals surface area contributed by atoms with E-state index in [1.807, 2.05) is 12.3 Å². The van der Waals surface area contributed by atoms with Crippen molar-refractivity contribution in [3.63, 3.8) is 0 Å². The van der Waals surface area contributed by atoms with Gasteiger partial charge in [-0.25, -0.2) is 9.97 Å². The molecule has 0 saturated heterocycles. The fraction of sp³-hybridized carbons (Fsp3) is 0.273. The number of rotatable bonds is 3. The maximum absolute atomic E-state index is 11.7. The summed E-state index contributed by atoms with van der Waals surface area (Å²) in [6, 6.07) is 1.39. The van der Waals surface area contributed by atoms with E-state index in [1.165, 1.54) is 28.3 Å². The quantitative estimate of drug-likeness (QED) is 0.895. The lowest BCUT2D eigenvalue weighted by atomic mass is 10.4. The van der Waals surface area contributed by atoms with Crippen LogP contribution in [0.5, 0.6) is 0 Å². The minimum Gasteiger partial charge on any atom is -0.300 e. The van der Waals surface area contributed by atoms with Crippen molar-refractivity contribution in [1.82, 2.24) is 14.5 Å². The summed E-state index contributed by atoms with van der Waals surface area (Å²) >= 11 is 1.35. The van der Waals surface area contributed by atoms with Gasteiger partial charge < -0.3 is 5.32 Å². The second-order valence-electron chi connectivity index (χ2n) is 3.84. The van der Waals surface area contributed by atoms with Crippen LogP contribution in [0, 0.1) is 13.8 Å². The molecule has 0 unspecified atom stereocenters. The van der Waals surface area contributed by atoms with E-state index < -0.39 is 0 Å². The van der Waals surface area contributed by atoms with E-state index in [9.17, 15) is 9.59 Å². The molecule has 2 aromatic rings. The van der Waals surface area contributed by atoms with E-state index in [0.717, 1.165) is 5.69 Å². The van der Waals surface area contributed by atoms with Crippen molar-refractivity contribution in [3.8, 4) is 0 Å². The number of aromatic nitrogens is 3. The van der Waals surface area contributed by atoms with Gasteiger partial charge in [-0.05, 0) is 13.8 Å². The van der Waals surface area contributed by atoms with Gasteiger partial charge in [0, 0.05) is 17.1 Å². The summed E-state index contributed by atoms with van der Waals surface area (Å²) < 4.78 is 1.25. The number of carbonyl (C=O) groups excluding carboxylic acids is 1. The van der Waals surface area contributed by atoms with Crippen LogP contribution in [0.4, 0.5) is 5.13 Å². The highest BCUT2D eigenvalue weighted by Gasteiger charge is 2.07. The zero-order chi connectivity index (χ0) is 13.1. The number of amides is 1. The molecule has 2 heterocycles. The molecule has 7 heteroatoms. The summed E-state index contributed by atoms with van der Waals surface area (Å²) in [6.45, 7) is 3.51. The van der Waals surface area contributed by atoms with Gasteiger partial charge in [-0.1, -0.05) is 0 Å². The normalized spacial score (nSPS) is 10.3. The average Bonchev–Trinajstić information content (AvgIpc) is 2.68. The summed E-state index contributed by atoms with van der Waals surface area (Å²) in [7, 11) is 0. The largest absolute Gasteiger partial charge is 0.300 e. The van der Waals surface area contributed by atoms with Crippen LogP contribution in [-0.4, -0.2) is 20.4 Å². The van der Waals surface area contributed by atoms with Gasteiger partial charge in [0.2, 0.25) is 5.91 Å². The fourth-order valence-corrected chi connectivity index (χ4v) is 2.06. The van der Waals surface area contributed by atoms with Crippen LogP contribution in [0.25, 0.3) is 0 Å². The zero-order valence-corrected chi connectivity index (χ0v) is 10.8. The first-order chi connectivity index (χ1) is 8.54. The van der Waals surface area contributed by atoms with Crippen LogP contribution in [0.15, 0.2) is 22.6 Å². The maximum atomic E-state index is 11.7. The first-order valence-corrected chi connectivity index (χ1v) is 6.17. The molecular formula is C11H12N4O2S. The van der Waals surface area contributed by atoms with E-state index in [2.05, 4.69) is 15.3 Å². The molecule has 18 heavy (non-hydrogen) atoms. The van der Waals surface area contributed by atoms with E-state index in [0.29, 0.717) is 10.8 Å². The molecule has 0 atom stereocenters. The Kier molecular flexibility index (Phi) is 3.52. The molecule has 0 saturated carbocycles. The van der Waals surface area contributed by atoms with Crippen LogP contribution in [0.1, 0.15) is 11.4 Å². The second kappa shape index (κ2) is 5.09. The maximum Gasteiger partial charge on any atom is 0.253 e. The molecule has 0 aliphatic rings. The van der Waals surface area contributed by atoms with E-state index in [4.69, 9.17) is 0 Å². The van der Waals surface area contributed by atoms with Crippen LogP contribution in [-0.2, 0) is 11.3 Å². The Balaban J connectivity index is 2.05. The fourth-order valence-electron chi connectivity index (χ4n) is 1.36. The van der Waals surface area contributed by atoms with Crippen molar-refractivity contribution < 1.29 is 4.79 Å². The third-order valence-electron chi connectivity index (χ3n) is 2.20. The molecule has 2 rings (SSSR count). The molecule has 6 nitrogen and oxygen atoms in total. The van der Waals surface area contributed by atoms with Gasteiger partial charge in [0.25, 0.3) is 5.56 Å². The molecule has 94 valence electrons. The predicted molar refractivity (Wildman–Crippen MR) is 68.7 cm³/mol. The number of carbonyl (C=O) groups is 1. The van der Waals surface area contributed by atoms with Crippen molar-refractivity contribution in [2.24, 2.45) is 0 Å². The third kappa shape index (κ3) is 3.01. The van der Waals surface area contributed by atoms with Gasteiger partial charge in [-0.2, -0.15) is 0 Å². The van der Waals surface area contributed by atoms with Crippen LogP contribution in [0.3, 0.4) is 0 Å². The average molecular weight is 264 g/mol. The van der Waals surface area contributed by atoms with Gasteiger partial charge in [0.05, 0.1) is 12.0 Å². The Bertz CT molecular complexity index is 632. The molecule has 0 aliphatic heterocycles. The van der Waals surface area contributed by atoms with Crippen molar-refractivity contribution in [3.05, 3.63) is 39.5 Å². The van der Waals surface area contributed by atoms with Crippen molar-refractivity contribution in [2.75, 3.05) is 5.32 Å². The molecule has 0 bridgehead atoms. The van der Waals surface area contributed by atoms with Crippen molar-refractivity contribution in [1.29, 1.82) is 0 Å². The van der Waals surface area contributed by atoms with Gasteiger partial charge in [0.15, 0.2) is 5.13 Å². The molecule has 0 aliphatic carbocycles. The Morgan fingerprint density at radius 3 is 2.83 bits per heavy atom. The molecule has 0 aromatic carbocycles. The third-order valence-corrected chi connectivity index (χ3v) is 3.07. The van der Waals surface area contributed by atoms with Crippen LogP contribution in [0.2, 0.25) is 0 Å². The standard InChI is InChI=1S/C11H12N4O2S/c1-7-3-10(17)15(6-12-7)4-9(16)14-11-13-8(2)5-18-11/h3,5-6H,4H2,1-2H3,(H,13,14,16). The summed E-state index contributed by atoms with van der Waals surface area (Å²) in [6.07, 6.45) is 1.37. The molecule has 0 radical (unpaired) electrons. The zero-order valence-electron chi connectivity index (χ0n) is 10.0. The lowest BCUT2D eigenvalue weighted by Gasteiger charge is -2.04. The van der Waals surface area contributed by atoms with E-state index in [1.54, 1.807) is 6.92 Å². The summed E-state index contributed by atoms with van der Waals surface area (Å²) in [4.78, 5) is 31.3. The number of thiazole rings is 1. The minimum absolute atomic E-state index is 0.0647. The molecular weight excluding hydrogens is 252 g/mol. The number of hydrogen-bond acceptors (Lipinski definition) is 5. The Morgan fingerprint density at radius 1 is 1.44 bits per heavy atom. The van der Waals surface area contributed by atoms with Gasteiger partial charge in [-0.15, -0.1) is 11.3 Å². The minimum atomic E-state index is -0.294. The molecule has 0 spiro atoms. The highest BCUT2D eigenvalue weighted by molar-refractivity contribution is 7.13. The highest BCUT2D eigenvalue weighted by atomic mass is 32.1. The number of anilines is 1. The van der Waals surface area contributed by atoms with Gasteiger partial charge in [0.1, 0.15) is 6.54 Å². The SMILES string of the molecule is Cc1cc(=O)n(CC(=O)Nc2nc(C)cs2)cn1.